The first-order valence-corrected chi connectivity index (χ1v) is 8.95. The van der Waals surface area contributed by atoms with Gasteiger partial charge in [0, 0.05) is 12.6 Å². The molecule has 24 heavy (non-hydrogen) atoms. The third-order valence-corrected chi connectivity index (χ3v) is 4.48. The summed E-state index contributed by atoms with van der Waals surface area (Å²) in [5.41, 5.74) is 5.44. The van der Waals surface area contributed by atoms with Crippen LogP contribution in [0, 0.1) is 5.41 Å². The van der Waals surface area contributed by atoms with Gasteiger partial charge in [-0.2, -0.15) is 0 Å². The van der Waals surface area contributed by atoms with Crippen molar-refractivity contribution >= 4 is 5.91 Å². The molecule has 1 N–H and O–H groups in total. The highest BCUT2D eigenvalue weighted by molar-refractivity contribution is 5.88. The molecule has 2 nitrogen and oxygen atoms in total. The maximum Gasteiger partial charge on any atom is 0.244 e. The highest BCUT2D eigenvalue weighted by Gasteiger charge is 2.26. The maximum atomic E-state index is 11.5. The van der Waals surface area contributed by atoms with Crippen LogP contribution in [-0.4, -0.2) is 12.5 Å². The molecule has 0 atom stereocenters. The smallest absolute Gasteiger partial charge is 0.244 e. The lowest BCUT2D eigenvalue weighted by Crippen LogP contribution is -2.20. The Labute approximate surface area is 148 Å². The largest absolute Gasteiger partial charge is 0.353 e. The topological polar surface area (TPSA) is 29.1 Å². The van der Waals surface area contributed by atoms with Crippen molar-refractivity contribution in [2.75, 3.05) is 6.54 Å². The summed E-state index contributed by atoms with van der Waals surface area (Å²) in [6.07, 6.45) is 15.9. The van der Waals surface area contributed by atoms with Crippen LogP contribution in [-0.2, 0) is 4.79 Å². The lowest BCUT2D eigenvalue weighted by atomic mass is 9.72. The second-order valence-corrected chi connectivity index (χ2v) is 7.32. The van der Waals surface area contributed by atoms with Gasteiger partial charge in [-0.1, -0.05) is 55.4 Å². The van der Waals surface area contributed by atoms with Gasteiger partial charge in [0.1, 0.15) is 0 Å². The van der Waals surface area contributed by atoms with Crippen LogP contribution in [0.4, 0.5) is 0 Å². The lowest BCUT2D eigenvalue weighted by molar-refractivity contribution is -0.116. The van der Waals surface area contributed by atoms with E-state index in [1.807, 2.05) is 26.0 Å². The molecule has 0 unspecified atom stereocenters. The van der Waals surface area contributed by atoms with Crippen LogP contribution >= 0.6 is 0 Å². The normalized spacial score (nSPS) is 19.4. The van der Waals surface area contributed by atoms with Crippen molar-refractivity contribution < 1.29 is 4.79 Å². The van der Waals surface area contributed by atoms with E-state index in [0.29, 0.717) is 6.54 Å². The number of likely N-dealkylation sites (N-methyl/N-ethyl adjacent to an activating group) is 1. The fourth-order valence-corrected chi connectivity index (χ4v) is 3.11. The Hall–Kier alpha value is -1.83. The molecule has 0 saturated heterocycles. The first-order valence-electron chi connectivity index (χ1n) is 8.95. The van der Waals surface area contributed by atoms with E-state index in [9.17, 15) is 4.79 Å². The van der Waals surface area contributed by atoms with Crippen LogP contribution in [0.25, 0.3) is 0 Å². The molecule has 0 fully saturated rings. The average molecular weight is 328 g/mol. The molecule has 1 amide bonds. The van der Waals surface area contributed by atoms with Crippen LogP contribution in [0.1, 0.15) is 60.8 Å². The molecule has 0 aromatic rings. The van der Waals surface area contributed by atoms with Crippen molar-refractivity contribution in [2.45, 2.75) is 60.8 Å². The second-order valence-electron chi connectivity index (χ2n) is 7.32. The van der Waals surface area contributed by atoms with Gasteiger partial charge in [0.2, 0.25) is 5.91 Å². The molecule has 0 saturated carbocycles. The van der Waals surface area contributed by atoms with E-state index < -0.39 is 0 Å². The van der Waals surface area contributed by atoms with Crippen molar-refractivity contribution in [3.05, 3.63) is 58.7 Å². The molecule has 1 aliphatic carbocycles. The molecule has 0 spiro atoms. The van der Waals surface area contributed by atoms with E-state index in [1.165, 1.54) is 36.0 Å². The van der Waals surface area contributed by atoms with E-state index in [4.69, 9.17) is 0 Å². The second kappa shape index (κ2) is 9.46. The highest BCUT2D eigenvalue weighted by Crippen LogP contribution is 2.40. The summed E-state index contributed by atoms with van der Waals surface area (Å²) in [4.78, 5) is 11.5. The van der Waals surface area contributed by atoms with Gasteiger partial charge in [-0.15, -0.1) is 0 Å². The highest BCUT2D eigenvalue weighted by atomic mass is 16.1. The molecule has 1 aliphatic rings. The third-order valence-electron chi connectivity index (χ3n) is 4.48. The van der Waals surface area contributed by atoms with Crippen LogP contribution in [0.15, 0.2) is 58.7 Å². The number of rotatable bonds is 6. The van der Waals surface area contributed by atoms with Gasteiger partial charge in [0.15, 0.2) is 0 Å². The summed E-state index contributed by atoms with van der Waals surface area (Å²) in [7, 11) is 0. The summed E-state index contributed by atoms with van der Waals surface area (Å²) in [5, 5.41) is 2.76. The standard InChI is InChI=1S/C22H33NO/c1-7-23-21(24)16-18(3)11-8-10-17(2)13-14-20-19(4)12-9-15-22(20,5)6/h8,10-11,13-14,16H,7,9,12,15H2,1-6H3,(H,23,24). The SMILES string of the molecule is CCNC(=O)C=C(C)C=CC=C(C)C=CC1=C(C)CCCC1(C)C. The molecule has 0 aliphatic heterocycles. The maximum absolute atomic E-state index is 11.5. The van der Waals surface area contributed by atoms with Gasteiger partial charge >= 0.3 is 0 Å². The Morgan fingerprint density at radius 2 is 1.92 bits per heavy atom. The summed E-state index contributed by atoms with van der Waals surface area (Å²) in [6, 6.07) is 0. The minimum atomic E-state index is -0.0396. The van der Waals surface area contributed by atoms with Gasteiger partial charge in [-0.25, -0.2) is 0 Å². The Bertz CT molecular complexity index is 597. The van der Waals surface area contributed by atoms with Crippen LogP contribution < -0.4 is 5.32 Å². The molecule has 0 aromatic carbocycles. The Kier molecular flexibility index (Phi) is 7.97. The van der Waals surface area contributed by atoms with Crippen molar-refractivity contribution in [3.63, 3.8) is 0 Å². The van der Waals surface area contributed by atoms with Crippen molar-refractivity contribution in [3.8, 4) is 0 Å². The number of hydrogen-bond acceptors (Lipinski definition) is 1. The Balaban J connectivity index is 2.73. The summed E-state index contributed by atoms with van der Waals surface area (Å²) >= 11 is 0. The number of carbonyl (C=O) groups is 1. The van der Waals surface area contributed by atoms with E-state index in [-0.39, 0.29) is 11.3 Å². The minimum absolute atomic E-state index is 0.0396. The van der Waals surface area contributed by atoms with Gasteiger partial charge in [-0.3, -0.25) is 4.79 Å². The minimum Gasteiger partial charge on any atom is -0.353 e. The van der Waals surface area contributed by atoms with Crippen LogP contribution in [0.5, 0.6) is 0 Å². The molecule has 0 heterocycles. The quantitative estimate of drug-likeness (QED) is 0.495. The molecule has 1 rings (SSSR count). The van der Waals surface area contributed by atoms with E-state index >= 15 is 0 Å². The van der Waals surface area contributed by atoms with E-state index in [1.54, 1.807) is 6.08 Å². The Morgan fingerprint density at radius 1 is 1.21 bits per heavy atom. The monoisotopic (exact) mass is 327 g/mol. The van der Waals surface area contributed by atoms with Crippen molar-refractivity contribution in [1.82, 2.24) is 5.32 Å². The Morgan fingerprint density at radius 3 is 2.54 bits per heavy atom. The predicted octanol–water partition coefficient (Wildman–Crippen LogP) is 5.65. The molecule has 0 bridgehead atoms. The molecule has 132 valence electrons. The van der Waals surface area contributed by atoms with E-state index in [2.05, 4.69) is 51.2 Å². The molecule has 2 heteroatoms. The van der Waals surface area contributed by atoms with Crippen LogP contribution in [0.3, 0.4) is 0 Å². The number of amides is 1. The first kappa shape index (κ1) is 20.2. The van der Waals surface area contributed by atoms with E-state index in [0.717, 1.165) is 5.57 Å². The van der Waals surface area contributed by atoms with Gasteiger partial charge in [-0.05, 0) is 63.5 Å². The summed E-state index contributed by atoms with van der Waals surface area (Å²) in [6.45, 7) is 13.5. The van der Waals surface area contributed by atoms with Gasteiger partial charge in [0.25, 0.3) is 0 Å². The third kappa shape index (κ3) is 6.74. The lowest BCUT2D eigenvalue weighted by Gasteiger charge is -2.32. The van der Waals surface area contributed by atoms with Crippen LogP contribution in [0.2, 0.25) is 0 Å². The molecular formula is C22H33NO. The number of carbonyl (C=O) groups excluding carboxylic acids is 1. The zero-order chi connectivity index (χ0) is 18.2. The van der Waals surface area contributed by atoms with Crippen molar-refractivity contribution in [2.24, 2.45) is 5.41 Å². The molecule has 0 radical (unpaired) electrons. The fraction of sp³-hybridized carbons (Fsp3) is 0.500. The van der Waals surface area contributed by atoms with Gasteiger partial charge < -0.3 is 5.32 Å². The fourth-order valence-electron chi connectivity index (χ4n) is 3.11. The van der Waals surface area contributed by atoms with Crippen molar-refractivity contribution in [1.29, 1.82) is 0 Å². The average Bonchev–Trinajstić information content (AvgIpc) is 2.46. The predicted molar refractivity (Wildman–Crippen MR) is 105 cm³/mol. The zero-order valence-electron chi connectivity index (χ0n) is 16.2. The number of nitrogens with one attached hydrogen (secondary N) is 1. The first-order chi connectivity index (χ1) is 11.3. The zero-order valence-corrected chi connectivity index (χ0v) is 16.2. The summed E-state index contributed by atoms with van der Waals surface area (Å²) < 4.78 is 0. The molecular weight excluding hydrogens is 294 g/mol. The van der Waals surface area contributed by atoms with Gasteiger partial charge in [0.05, 0.1) is 0 Å². The number of hydrogen-bond donors (Lipinski definition) is 1. The summed E-state index contributed by atoms with van der Waals surface area (Å²) in [5.74, 6) is -0.0396. The molecule has 0 aromatic heterocycles. The number of allylic oxidation sites excluding steroid dienone is 9.